The summed E-state index contributed by atoms with van der Waals surface area (Å²) in [7, 11) is 0. The third-order valence-electron chi connectivity index (χ3n) is 7.80. The molecule has 2 N–H and O–H groups in total. The van der Waals surface area contributed by atoms with Crippen LogP contribution in [0.1, 0.15) is 118 Å². The molecule has 2 aromatic carbocycles. The molecule has 0 bridgehead atoms. The van der Waals surface area contributed by atoms with Gasteiger partial charge in [-0.15, -0.1) is 6.42 Å². The van der Waals surface area contributed by atoms with E-state index in [1.165, 1.54) is 0 Å². The minimum Gasteiger partial charge on any atom is -0.458 e. The van der Waals surface area contributed by atoms with Gasteiger partial charge >= 0.3 is 12.1 Å². The highest BCUT2D eigenvalue weighted by molar-refractivity contribution is 5.94. The fourth-order valence-corrected chi connectivity index (χ4v) is 5.50. The summed E-state index contributed by atoms with van der Waals surface area (Å²) in [4.78, 5) is 57.8. The summed E-state index contributed by atoms with van der Waals surface area (Å²) < 4.78 is 11.3. The Morgan fingerprint density at radius 2 is 1.34 bits per heavy atom. The molecule has 0 spiro atoms. The van der Waals surface area contributed by atoms with Crippen LogP contribution in [0.4, 0.5) is 4.79 Å². The van der Waals surface area contributed by atoms with Crippen LogP contribution >= 0.6 is 0 Å². The van der Waals surface area contributed by atoms with Crippen LogP contribution in [0.2, 0.25) is 0 Å². The molecule has 2 aromatic rings. The van der Waals surface area contributed by atoms with Crippen molar-refractivity contribution in [2.24, 2.45) is 11.8 Å². The molecule has 4 unspecified atom stereocenters. The largest absolute Gasteiger partial charge is 0.458 e. The number of alkyl carbamates (subject to hydrolysis) is 1. The van der Waals surface area contributed by atoms with Gasteiger partial charge in [0.15, 0.2) is 0 Å². The molecule has 0 fully saturated rings. The molecule has 3 amide bonds. The molecule has 0 aliphatic carbocycles. The van der Waals surface area contributed by atoms with Crippen LogP contribution < -0.4 is 10.6 Å². The van der Waals surface area contributed by atoms with E-state index in [1.807, 2.05) is 51.1 Å². The first-order chi connectivity index (χ1) is 23.2. The van der Waals surface area contributed by atoms with Gasteiger partial charge in [-0.25, -0.2) is 9.59 Å². The number of rotatable bonds is 15. The topological polar surface area (TPSA) is 114 Å². The minimum absolute atomic E-state index is 0.0244. The molecule has 4 atom stereocenters. The minimum atomic E-state index is -1.17. The highest BCUT2D eigenvalue weighted by Gasteiger charge is 2.40. The van der Waals surface area contributed by atoms with E-state index in [0.717, 1.165) is 12.0 Å². The number of hydrogen-bond acceptors (Lipinski definition) is 6. The monoisotopic (exact) mass is 689 g/mol. The van der Waals surface area contributed by atoms with Crippen molar-refractivity contribution in [3.05, 3.63) is 71.3 Å². The zero-order valence-electron chi connectivity index (χ0n) is 32.0. The molecule has 0 radical (unpaired) electrons. The molecule has 9 nitrogen and oxygen atoms in total. The SMILES string of the molecule is C#Cc1ccc(C(C(=O)NC(Cc2ccccc2)C(=O)OC(C)(C)C)N(C(=O)C(CC(C)C)NC(=O)OC(C)(C)C)C(C)CCC(C)C)cc1. The Morgan fingerprint density at radius 3 is 1.84 bits per heavy atom. The van der Waals surface area contributed by atoms with Gasteiger partial charge in [-0.1, -0.05) is 76.1 Å². The number of nitrogens with one attached hydrogen (secondary N) is 2. The van der Waals surface area contributed by atoms with Gasteiger partial charge in [0.25, 0.3) is 0 Å². The van der Waals surface area contributed by atoms with Gasteiger partial charge in [0.1, 0.15) is 29.3 Å². The number of esters is 1. The van der Waals surface area contributed by atoms with Crippen LogP contribution in [0.25, 0.3) is 0 Å². The Morgan fingerprint density at radius 1 is 0.760 bits per heavy atom. The van der Waals surface area contributed by atoms with E-state index in [4.69, 9.17) is 15.9 Å². The van der Waals surface area contributed by atoms with Gasteiger partial charge in [-0.05, 0) is 103 Å². The summed E-state index contributed by atoms with van der Waals surface area (Å²) in [5.41, 5.74) is 0.367. The molecule has 274 valence electrons. The van der Waals surface area contributed by atoms with Crippen LogP contribution in [0.3, 0.4) is 0 Å². The van der Waals surface area contributed by atoms with E-state index >= 15 is 0 Å². The summed E-state index contributed by atoms with van der Waals surface area (Å²) in [6, 6.07) is 12.6. The van der Waals surface area contributed by atoms with Crippen molar-refractivity contribution < 1.29 is 28.7 Å². The van der Waals surface area contributed by atoms with Gasteiger partial charge in [0.2, 0.25) is 11.8 Å². The van der Waals surface area contributed by atoms with Gasteiger partial charge in [0, 0.05) is 18.0 Å². The Kier molecular flexibility index (Phi) is 15.6. The maximum atomic E-state index is 14.9. The third-order valence-corrected chi connectivity index (χ3v) is 7.80. The maximum absolute atomic E-state index is 14.9. The van der Waals surface area contributed by atoms with Crippen LogP contribution in [-0.4, -0.2) is 58.1 Å². The average Bonchev–Trinajstić information content (AvgIpc) is 3.00. The highest BCUT2D eigenvalue weighted by Crippen LogP contribution is 2.29. The Bertz CT molecular complexity index is 1450. The number of hydrogen-bond donors (Lipinski definition) is 2. The summed E-state index contributed by atoms with van der Waals surface area (Å²) in [6.07, 6.45) is 6.81. The molecule has 0 saturated carbocycles. The second kappa shape index (κ2) is 18.6. The second-order valence-electron chi connectivity index (χ2n) is 15.8. The molecule has 2 rings (SSSR count). The van der Waals surface area contributed by atoms with Crippen molar-refractivity contribution in [2.45, 2.75) is 137 Å². The first kappa shape index (κ1) is 41.8. The van der Waals surface area contributed by atoms with Crippen LogP contribution in [0.5, 0.6) is 0 Å². The van der Waals surface area contributed by atoms with E-state index in [-0.39, 0.29) is 12.3 Å². The third kappa shape index (κ3) is 14.3. The van der Waals surface area contributed by atoms with Crippen LogP contribution in [0.15, 0.2) is 54.6 Å². The van der Waals surface area contributed by atoms with E-state index in [9.17, 15) is 19.2 Å². The average molecular weight is 690 g/mol. The van der Waals surface area contributed by atoms with Crippen molar-refractivity contribution in [3.8, 4) is 12.3 Å². The molecule has 0 aromatic heterocycles. The lowest BCUT2D eigenvalue weighted by atomic mass is 9.94. The zero-order chi connectivity index (χ0) is 37.8. The van der Waals surface area contributed by atoms with Crippen molar-refractivity contribution in [2.75, 3.05) is 0 Å². The number of ether oxygens (including phenoxy) is 2. The molecular formula is C41H59N3O6. The molecule has 0 heterocycles. The van der Waals surface area contributed by atoms with Gasteiger partial charge < -0.3 is 25.0 Å². The quantitative estimate of drug-likeness (QED) is 0.149. The Hall–Kier alpha value is -4.32. The summed E-state index contributed by atoms with van der Waals surface area (Å²) >= 11 is 0. The molecule has 50 heavy (non-hydrogen) atoms. The number of amides is 3. The first-order valence-electron chi connectivity index (χ1n) is 17.7. The maximum Gasteiger partial charge on any atom is 0.408 e. The fraction of sp³-hybridized carbons (Fsp3) is 0.561. The highest BCUT2D eigenvalue weighted by atomic mass is 16.6. The first-order valence-corrected chi connectivity index (χ1v) is 17.7. The van der Waals surface area contributed by atoms with E-state index in [2.05, 4.69) is 30.4 Å². The van der Waals surface area contributed by atoms with Crippen molar-refractivity contribution in [3.63, 3.8) is 0 Å². The second-order valence-corrected chi connectivity index (χ2v) is 15.8. The van der Waals surface area contributed by atoms with E-state index in [1.54, 1.807) is 70.7 Å². The molecular weight excluding hydrogens is 630 g/mol. The van der Waals surface area contributed by atoms with Crippen molar-refractivity contribution >= 4 is 23.9 Å². The number of carbonyl (C=O) groups excluding carboxylic acids is 4. The van der Waals surface area contributed by atoms with Gasteiger partial charge in [0.05, 0.1) is 0 Å². The smallest absolute Gasteiger partial charge is 0.408 e. The van der Waals surface area contributed by atoms with Crippen molar-refractivity contribution in [1.82, 2.24) is 15.5 Å². The Balaban J connectivity index is 2.74. The number of terminal acetylenes is 1. The summed E-state index contributed by atoms with van der Waals surface area (Å²) in [6.45, 7) is 20.6. The predicted octanol–water partition coefficient (Wildman–Crippen LogP) is 7.37. The molecule has 0 aliphatic heterocycles. The lowest BCUT2D eigenvalue weighted by Gasteiger charge is -2.39. The lowest BCUT2D eigenvalue weighted by molar-refractivity contribution is -0.159. The lowest BCUT2D eigenvalue weighted by Crippen LogP contribution is -2.57. The number of nitrogens with zero attached hydrogens (tertiary/aromatic N) is 1. The molecule has 0 aliphatic rings. The molecule has 0 saturated heterocycles. The van der Waals surface area contributed by atoms with Gasteiger partial charge in [-0.3, -0.25) is 9.59 Å². The summed E-state index contributed by atoms with van der Waals surface area (Å²) in [5, 5.41) is 5.76. The summed E-state index contributed by atoms with van der Waals surface area (Å²) in [5.74, 6) is 1.38. The predicted molar refractivity (Wildman–Crippen MR) is 198 cm³/mol. The number of benzene rings is 2. The fourth-order valence-electron chi connectivity index (χ4n) is 5.50. The normalized spacial score (nSPS) is 14.2. The molecule has 9 heteroatoms. The van der Waals surface area contributed by atoms with Gasteiger partial charge in [-0.2, -0.15) is 0 Å². The van der Waals surface area contributed by atoms with Crippen LogP contribution in [-0.2, 0) is 30.3 Å². The Labute approximate surface area is 300 Å². The van der Waals surface area contributed by atoms with Crippen molar-refractivity contribution in [1.29, 1.82) is 0 Å². The van der Waals surface area contributed by atoms with E-state index in [0.29, 0.717) is 29.9 Å². The van der Waals surface area contributed by atoms with Crippen LogP contribution in [0, 0.1) is 24.2 Å². The standard InChI is InChI=1S/C41H59N3O6/c1-13-30-21-23-32(24-22-30)35(36(45)42-34(38(47)49-40(7,8)9)26-31-17-15-14-16-18-31)44(29(6)20-19-27(2)3)37(46)33(25-28(4)5)43-39(48)50-41(10,11)12/h1,14-18,21-24,27-29,33-35H,19-20,25-26H2,2-12H3,(H,42,45)(H,43,48). The van der Waals surface area contributed by atoms with E-state index < -0.39 is 59.2 Å². The number of carbonyl (C=O) groups is 4. The zero-order valence-corrected chi connectivity index (χ0v) is 32.0.